The average molecular weight is 545 g/mol. The molecular formula is C28H28N6O4S. The van der Waals surface area contributed by atoms with E-state index in [1.165, 1.54) is 0 Å². The lowest BCUT2D eigenvalue weighted by molar-refractivity contribution is 0.0244. The number of fused-ring (bicyclic) bond motifs is 2. The lowest BCUT2D eigenvalue weighted by Crippen LogP contribution is -2.26. The van der Waals surface area contributed by atoms with Gasteiger partial charge >= 0.3 is 0 Å². The molecule has 5 aromatic rings. The lowest BCUT2D eigenvalue weighted by Gasteiger charge is -2.23. The van der Waals surface area contributed by atoms with E-state index >= 15 is 0 Å². The van der Waals surface area contributed by atoms with Crippen LogP contribution in [-0.2, 0) is 4.74 Å². The van der Waals surface area contributed by atoms with Gasteiger partial charge in [0, 0.05) is 37.2 Å². The molecule has 11 heteroatoms. The largest absolute Gasteiger partial charge is 0.495 e. The number of aromatic amines is 1. The Morgan fingerprint density at radius 2 is 1.97 bits per heavy atom. The molecule has 3 aromatic heterocycles. The molecule has 10 nitrogen and oxygen atoms in total. The number of thiazole rings is 1. The summed E-state index contributed by atoms with van der Waals surface area (Å²) in [5.74, 6) is 1.13. The normalized spacial score (nSPS) is 14.0. The highest BCUT2D eigenvalue weighted by Crippen LogP contribution is 2.38. The smallest absolute Gasteiger partial charge is 0.251 e. The van der Waals surface area contributed by atoms with Crippen molar-refractivity contribution in [3.05, 3.63) is 53.2 Å². The number of rotatable bonds is 7. The van der Waals surface area contributed by atoms with Crippen LogP contribution >= 0.6 is 11.3 Å². The van der Waals surface area contributed by atoms with Crippen molar-refractivity contribution in [3.8, 4) is 22.8 Å². The Morgan fingerprint density at radius 3 is 2.77 bits per heavy atom. The van der Waals surface area contributed by atoms with Crippen molar-refractivity contribution in [2.45, 2.75) is 25.9 Å². The van der Waals surface area contributed by atoms with E-state index in [4.69, 9.17) is 24.2 Å². The number of aryl methyl sites for hydroxylation is 1. The maximum atomic E-state index is 12.1. The van der Waals surface area contributed by atoms with Gasteiger partial charge in [-0.05, 0) is 42.8 Å². The first-order valence-corrected chi connectivity index (χ1v) is 13.5. The fourth-order valence-corrected chi connectivity index (χ4v) is 5.59. The molecule has 1 amide bonds. The van der Waals surface area contributed by atoms with Crippen LogP contribution in [0.4, 0.5) is 11.6 Å². The van der Waals surface area contributed by atoms with Crippen LogP contribution in [0.3, 0.4) is 0 Å². The molecule has 1 fully saturated rings. The third-order valence-electron chi connectivity index (χ3n) is 6.69. The van der Waals surface area contributed by atoms with Gasteiger partial charge in [0.25, 0.3) is 5.91 Å². The first kappa shape index (κ1) is 25.1. The second-order valence-electron chi connectivity index (χ2n) is 9.24. The molecule has 0 atom stereocenters. The summed E-state index contributed by atoms with van der Waals surface area (Å²) in [6, 6.07) is 11.4. The van der Waals surface area contributed by atoms with Crippen LogP contribution in [0.2, 0.25) is 0 Å². The maximum absolute atomic E-state index is 12.1. The van der Waals surface area contributed by atoms with Crippen LogP contribution in [0.15, 0.2) is 42.6 Å². The molecule has 39 heavy (non-hydrogen) atoms. The summed E-state index contributed by atoms with van der Waals surface area (Å²) in [6.07, 6.45) is 3.50. The summed E-state index contributed by atoms with van der Waals surface area (Å²) in [6.45, 7) is 3.32. The molecule has 0 spiro atoms. The Labute approximate surface area is 228 Å². The van der Waals surface area contributed by atoms with E-state index in [1.54, 1.807) is 43.7 Å². The van der Waals surface area contributed by atoms with E-state index < -0.39 is 0 Å². The molecule has 0 aliphatic carbocycles. The Kier molecular flexibility index (Phi) is 6.76. The minimum atomic E-state index is -0.199. The third kappa shape index (κ3) is 4.98. The topological polar surface area (TPSA) is 123 Å². The zero-order valence-electron chi connectivity index (χ0n) is 21.8. The van der Waals surface area contributed by atoms with Crippen LogP contribution in [0.5, 0.6) is 11.6 Å². The molecule has 2 aromatic carbocycles. The summed E-state index contributed by atoms with van der Waals surface area (Å²) in [7, 11) is 3.14. The lowest BCUT2D eigenvalue weighted by atomic mass is 10.1. The quantitative estimate of drug-likeness (QED) is 0.255. The highest BCUT2D eigenvalue weighted by molar-refractivity contribution is 7.18. The molecule has 1 aliphatic heterocycles. The minimum Gasteiger partial charge on any atom is -0.495 e. The fourth-order valence-electron chi connectivity index (χ4n) is 4.73. The number of carbonyl (C=O) groups is 1. The van der Waals surface area contributed by atoms with Gasteiger partial charge < -0.3 is 29.8 Å². The molecule has 0 radical (unpaired) electrons. The van der Waals surface area contributed by atoms with Crippen LogP contribution < -0.4 is 20.1 Å². The Morgan fingerprint density at radius 1 is 1.13 bits per heavy atom. The number of nitrogens with one attached hydrogen (secondary N) is 3. The number of carbonyl (C=O) groups excluding carboxylic acids is 1. The van der Waals surface area contributed by atoms with Gasteiger partial charge in [0.1, 0.15) is 17.5 Å². The van der Waals surface area contributed by atoms with Crippen LogP contribution in [0.25, 0.3) is 32.4 Å². The van der Waals surface area contributed by atoms with Gasteiger partial charge in [-0.1, -0.05) is 6.07 Å². The second-order valence-corrected chi connectivity index (χ2v) is 10.5. The summed E-state index contributed by atoms with van der Waals surface area (Å²) >= 11 is 1.67. The molecule has 0 unspecified atom stereocenters. The molecule has 0 saturated carbocycles. The molecular weight excluding hydrogens is 516 g/mol. The van der Waals surface area contributed by atoms with E-state index in [0.29, 0.717) is 47.7 Å². The number of nitrogens with zero attached hydrogens (tertiary/aromatic N) is 3. The molecule has 6 rings (SSSR count). The van der Waals surface area contributed by atoms with Crippen molar-refractivity contribution in [3.63, 3.8) is 0 Å². The van der Waals surface area contributed by atoms with Crippen molar-refractivity contribution in [1.82, 2.24) is 25.3 Å². The zero-order valence-corrected chi connectivity index (χ0v) is 22.6. The van der Waals surface area contributed by atoms with Crippen molar-refractivity contribution < 1.29 is 19.0 Å². The van der Waals surface area contributed by atoms with Gasteiger partial charge in [-0.25, -0.2) is 4.98 Å². The number of amides is 1. The second kappa shape index (κ2) is 10.5. The predicted molar refractivity (Wildman–Crippen MR) is 151 cm³/mol. The number of hydrogen-bond acceptors (Lipinski definition) is 9. The summed E-state index contributed by atoms with van der Waals surface area (Å²) < 4.78 is 18.7. The van der Waals surface area contributed by atoms with E-state index in [2.05, 4.69) is 32.7 Å². The molecule has 4 heterocycles. The molecule has 1 aliphatic rings. The van der Waals surface area contributed by atoms with Gasteiger partial charge in [0.2, 0.25) is 11.8 Å². The monoisotopic (exact) mass is 544 g/mol. The molecule has 200 valence electrons. The van der Waals surface area contributed by atoms with Gasteiger partial charge in [0.15, 0.2) is 0 Å². The van der Waals surface area contributed by atoms with E-state index in [-0.39, 0.29) is 12.0 Å². The van der Waals surface area contributed by atoms with Crippen molar-refractivity contribution in [2.24, 2.45) is 0 Å². The number of methoxy groups -OCH3 is 1. The van der Waals surface area contributed by atoms with Gasteiger partial charge in [-0.15, -0.1) is 11.3 Å². The predicted octanol–water partition coefficient (Wildman–Crippen LogP) is 5.21. The number of H-pyrrole nitrogens is 1. The zero-order chi connectivity index (χ0) is 26.9. The highest BCUT2D eigenvalue weighted by Gasteiger charge is 2.22. The highest BCUT2D eigenvalue weighted by atomic mass is 32.1. The summed E-state index contributed by atoms with van der Waals surface area (Å²) in [5.41, 5.74) is 4.73. The average Bonchev–Trinajstić information content (AvgIpc) is 3.55. The number of benzene rings is 2. The fraction of sp³-hybridized carbons (Fsp3) is 0.286. The number of aromatic nitrogens is 4. The Hall–Kier alpha value is -4.22. The summed E-state index contributed by atoms with van der Waals surface area (Å²) in [5, 5.41) is 7.71. The number of anilines is 2. The SMILES string of the molecule is CNC(=O)c1ccc(Nc2nc(OC3CCOCC3)c3c(-c4ccc5nc(C)sc5c4)c[nH]c3n2)c(OC)c1. The Bertz CT molecular complexity index is 1670. The van der Waals surface area contributed by atoms with Gasteiger partial charge in [-0.2, -0.15) is 9.97 Å². The summed E-state index contributed by atoms with van der Waals surface area (Å²) in [4.78, 5) is 29.6. The molecule has 0 bridgehead atoms. The van der Waals surface area contributed by atoms with Crippen molar-refractivity contribution in [2.75, 3.05) is 32.7 Å². The standard InChI is InChI=1S/C28H28N6O4S/c1-15-31-21-7-4-16(13-23(21)39-15)19-14-30-25-24(19)27(38-18-8-10-37-11-9-18)34-28(33-25)32-20-6-5-17(26(35)29-2)12-22(20)36-3/h4-7,12-14,18H,8-11H2,1-3H3,(H,29,35)(H2,30,32,33,34). The first-order valence-electron chi connectivity index (χ1n) is 12.7. The van der Waals surface area contributed by atoms with E-state index in [0.717, 1.165) is 44.6 Å². The van der Waals surface area contributed by atoms with Gasteiger partial charge in [-0.3, -0.25) is 4.79 Å². The van der Waals surface area contributed by atoms with Gasteiger partial charge in [0.05, 0.1) is 46.6 Å². The third-order valence-corrected chi connectivity index (χ3v) is 7.62. The van der Waals surface area contributed by atoms with Crippen LogP contribution in [0, 0.1) is 6.92 Å². The minimum absolute atomic E-state index is 0.0135. The van der Waals surface area contributed by atoms with Crippen LogP contribution in [0.1, 0.15) is 28.2 Å². The van der Waals surface area contributed by atoms with Crippen molar-refractivity contribution >= 4 is 50.1 Å². The molecule has 1 saturated heterocycles. The van der Waals surface area contributed by atoms with E-state index in [1.807, 2.05) is 19.2 Å². The van der Waals surface area contributed by atoms with Crippen LogP contribution in [-0.4, -0.2) is 59.3 Å². The maximum Gasteiger partial charge on any atom is 0.251 e. The number of hydrogen-bond donors (Lipinski definition) is 3. The number of ether oxygens (including phenoxy) is 3. The van der Waals surface area contributed by atoms with E-state index in [9.17, 15) is 4.79 Å². The Balaban J connectivity index is 1.42. The van der Waals surface area contributed by atoms with Crippen molar-refractivity contribution in [1.29, 1.82) is 0 Å². The molecule has 3 N–H and O–H groups in total. The first-order chi connectivity index (χ1) is 19.0.